The maximum Gasteiger partial charge on any atom is 0.325 e. The van der Waals surface area contributed by atoms with E-state index in [2.05, 4.69) is 5.32 Å². The van der Waals surface area contributed by atoms with Crippen LogP contribution < -0.4 is 5.32 Å². The van der Waals surface area contributed by atoms with Crippen molar-refractivity contribution in [3.8, 4) is 6.07 Å². The molecule has 0 unspecified atom stereocenters. The first-order chi connectivity index (χ1) is 10.5. The Labute approximate surface area is 131 Å². The van der Waals surface area contributed by atoms with Gasteiger partial charge in [0.25, 0.3) is 5.91 Å². The normalized spacial score (nSPS) is 20.8. The van der Waals surface area contributed by atoms with E-state index in [1.165, 1.54) is 16.2 Å². The second kappa shape index (κ2) is 5.28. The van der Waals surface area contributed by atoms with Crippen molar-refractivity contribution in [1.82, 2.24) is 10.2 Å². The number of nitrogens with zero attached hydrogens (tertiary/aromatic N) is 2. The molecule has 1 aromatic carbocycles. The molecule has 0 radical (unpaired) electrons. The van der Waals surface area contributed by atoms with Gasteiger partial charge in [-0.25, -0.2) is 4.79 Å². The van der Waals surface area contributed by atoms with Crippen molar-refractivity contribution in [1.29, 1.82) is 5.26 Å². The summed E-state index contributed by atoms with van der Waals surface area (Å²) >= 11 is 1.48. The van der Waals surface area contributed by atoms with Gasteiger partial charge >= 0.3 is 6.03 Å². The molecule has 1 fully saturated rings. The van der Waals surface area contributed by atoms with E-state index in [1.807, 2.05) is 22.9 Å². The number of nitrogens with one attached hydrogen (secondary N) is 1. The summed E-state index contributed by atoms with van der Waals surface area (Å²) in [5.74, 6) is -0.264. The summed E-state index contributed by atoms with van der Waals surface area (Å²) < 4.78 is 0. The Hall–Kier alpha value is -2.65. The van der Waals surface area contributed by atoms with Crippen LogP contribution in [-0.2, 0) is 16.9 Å². The highest BCUT2D eigenvalue weighted by atomic mass is 32.1. The predicted molar refractivity (Wildman–Crippen MR) is 81.9 cm³/mol. The molecule has 2 heterocycles. The van der Waals surface area contributed by atoms with Gasteiger partial charge in [0.1, 0.15) is 5.54 Å². The summed E-state index contributed by atoms with van der Waals surface area (Å²) in [6, 6.07) is 10.3. The van der Waals surface area contributed by atoms with Crippen LogP contribution in [0, 0.1) is 11.3 Å². The Morgan fingerprint density at radius 3 is 2.59 bits per heavy atom. The van der Waals surface area contributed by atoms with Crippen molar-refractivity contribution >= 4 is 23.3 Å². The summed E-state index contributed by atoms with van der Waals surface area (Å²) in [7, 11) is 0. The highest BCUT2D eigenvalue weighted by Crippen LogP contribution is 2.31. The van der Waals surface area contributed by atoms with Crippen LogP contribution in [0.25, 0.3) is 0 Å². The first kappa shape index (κ1) is 14.3. The van der Waals surface area contributed by atoms with Crippen molar-refractivity contribution < 1.29 is 9.59 Å². The lowest BCUT2D eigenvalue weighted by molar-refractivity contribution is -0.131. The molecule has 0 spiro atoms. The molecule has 0 saturated carbocycles. The van der Waals surface area contributed by atoms with Crippen LogP contribution in [0.1, 0.15) is 23.6 Å². The molecule has 1 atom stereocenters. The largest absolute Gasteiger partial charge is 0.325 e. The molecular formula is C16H13N3O2S. The number of urea groups is 1. The standard InChI is InChI=1S/C16H13N3O2S/c1-16(13-6-7-22-10-13)14(20)19(15(21)18-16)9-12-4-2-11(8-17)3-5-12/h2-7,10H,9H2,1H3,(H,18,21)/t16-/m0/s1. The van der Waals surface area contributed by atoms with Crippen molar-refractivity contribution in [2.24, 2.45) is 0 Å². The molecule has 0 aliphatic carbocycles. The third-order valence-corrected chi connectivity index (χ3v) is 4.48. The number of nitriles is 1. The summed E-state index contributed by atoms with van der Waals surface area (Å²) in [6.07, 6.45) is 0. The first-order valence-corrected chi connectivity index (χ1v) is 7.65. The van der Waals surface area contributed by atoms with Crippen LogP contribution in [0.2, 0.25) is 0 Å². The monoisotopic (exact) mass is 311 g/mol. The van der Waals surface area contributed by atoms with Gasteiger partial charge in [-0.3, -0.25) is 9.69 Å². The lowest BCUT2D eigenvalue weighted by atomic mass is 9.95. The molecule has 1 aliphatic heterocycles. The second-order valence-electron chi connectivity index (χ2n) is 5.27. The third kappa shape index (κ3) is 2.26. The van der Waals surface area contributed by atoms with Crippen LogP contribution >= 0.6 is 11.3 Å². The number of carbonyl (C=O) groups is 2. The van der Waals surface area contributed by atoms with Crippen molar-refractivity contribution in [3.05, 3.63) is 57.8 Å². The minimum absolute atomic E-state index is 0.191. The molecule has 1 aromatic heterocycles. The van der Waals surface area contributed by atoms with Gasteiger partial charge in [-0.05, 0) is 47.0 Å². The van der Waals surface area contributed by atoms with E-state index in [0.29, 0.717) is 5.56 Å². The second-order valence-corrected chi connectivity index (χ2v) is 6.05. The fourth-order valence-corrected chi connectivity index (χ4v) is 3.22. The van der Waals surface area contributed by atoms with Gasteiger partial charge in [0.2, 0.25) is 0 Å². The third-order valence-electron chi connectivity index (χ3n) is 3.80. The zero-order chi connectivity index (χ0) is 15.7. The molecule has 3 amide bonds. The minimum Gasteiger partial charge on any atom is -0.319 e. The van der Waals surface area contributed by atoms with E-state index in [9.17, 15) is 9.59 Å². The number of thiophene rings is 1. The van der Waals surface area contributed by atoms with Crippen molar-refractivity contribution in [3.63, 3.8) is 0 Å². The molecular weight excluding hydrogens is 298 g/mol. The quantitative estimate of drug-likeness (QED) is 0.885. The van der Waals surface area contributed by atoms with Gasteiger partial charge in [-0.1, -0.05) is 12.1 Å². The smallest absolute Gasteiger partial charge is 0.319 e. The topological polar surface area (TPSA) is 73.2 Å². The van der Waals surface area contributed by atoms with Gasteiger partial charge in [-0.2, -0.15) is 16.6 Å². The average molecular weight is 311 g/mol. The molecule has 5 nitrogen and oxygen atoms in total. The van der Waals surface area contributed by atoms with Crippen LogP contribution in [0.3, 0.4) is 0 Å². The van der Waals surface area contributed by atoms with Gasteiger partial charge < -0.3 is 5.32 Å². The Morgan fingerprint density at radius 2 is 2.00 bits per heavy atom. The van der Waals surface area contributed by atoms with Crippen LogP contribution in [0.5, 0.6) is 0 Å². The summed E-state index contributed by atoms with van der Waals surface area (Å²) in [4.78, 5) is 26.0. The van der Waals surface area contributed by atoms with Gasteiger partial charge in [0, 0.05) is 0 Å². The number of imide groups is 1. The van der Waals surface area contributed by atoms with Gasteiger partial charge in [0.15, 0.2) is 0 Å². The number of hydrogen-bond donors (Lipinski definition) is 1. The van der Waals surface area contributed by atoms with E-state index >= 15 is 0 Å². The molecule has 2 aromatic rings. The first-order valence-electron chi connectivity index (χ1n) is 6.70. The summed E-state index contributed by atoms with van der Waals surface area (Å²) in [5, 5.41) is 15.3. The SMILES string of the molecule is C[C@@]1(c2ccsc2)NC(=O)N(Cc2ccc(C#N)cc2)C1=O. The van der Waals surface area contributed by atoms with E-state index in [0.717, 1.165) is 11.1 Å². The van der Waals surface area contributed by atoms with Crippen LogP contribution in [0.4, 0.5) is 4.79 Å². The zero-order valence-electron chi connectivity index (χ0n) is 11.9. The number of hydrogen-bond acceptors (Lipinski definition) is 4. The molecule has 22 heavy (non-hydrogen) atoms. The number of benzene rings is 1. The molecule has 1 saturated heterocycles. The Morgan fingerprint density at radius 1 is 1.27 bits per heavy atom. The number of rotatable bonds is 3. The van der Waals surface area contributed by atoms with E-state index in [4.69, 9.17) is 5.26 Å². The van der Waals surface area contributed by atoms with Crippen LogP contribution in [-0.4, -0.2) is 16.8 Å². The Balaban J connectivity index is 1.84. The molecule has 6 heteroatoms. The van der Waals surface area contributed by atoms with Crippen LogP contribution in [0.15, 0.2) is 41.1 Å². The highest BCUT2D eigenvalue weighted by Gasteiger charge is 2.49. The molecule has 3 rings (SSSR count). The zero-order valence-corrected chi connectivity index (χ0v) is 12.7. The molecule has 110 valence electrons. The average Bonchev–Trinajstić information content (AvgIpc) is 3.13. The predicted octanol–water partition coefficient (Wildman–Crippen LogP) is 2.59. The Bertz CT molecular complexity index is 762. The summed E-state index contributed by atoms with van der Waals surface area (Å²) in [5.41, 5.74) is 1.13. The minimum atomic E-state index is -1.01. The number of amides is 3. The van der Waals surface area contributed by atoms with E-state index in [-0.39, 0.29) is 12.5 Å². The maximum absolute atomic E-state index is 12.7. The summed E-state index contributed by atoms with van der Waals surface area (Å²) in [6.45, 7) is 1.91. The van der Waals surface area contributed by atoms with Crippen molar-refractivity contribution in [2.45, 2.75) is 19.0 Å². The molecule has 1 aliphatic rings. The fourth-order valence-electron chi connectivity index (χ4n) is 2.45. The molecule has 0 bridgehead atoms. The Kier molecular flexibility index (Phi) is 3.43. The highest BCUT2D eigenvalue weighted by molar-refractivity contribution is 7.08. The lowest BCUT2D eigenvalue weighted by Crippen LogP contribution is -2.40. The van der Waals surface area contributed by atoms with Gasteiger partial charge in [-0.15, -0.1) is 0 Å². The van der Waals surface area contributed by atoms with Crippen molar-refractivity contribution in [2.75, 3.05) is 0 Å². The lowest BCUT2D eigenvalue weighted by Gasteiger charge is -2.20. The van der Waals surface area contributed by atoms with E-state index < -0.39 is 11.6 Å². The molecule has 1 N–H and O–H groups in total. The fraction of sp³-hybridized carbons (Fsp3) is 0.188. The van der Waals surface area contributed by atoms with E-state index in [1.54, 1.807) is 31.2 Å². The number of carbonyl (C=O) groups excluding carboxylic acids is 2. The van der Waals surface area contributed by atoms with Gasteiger partial charge in [0.05, 0.1) is 18.2 Å². The maximum atomic E-state index is 12.7.